The highest BCUT2D eigenvalue weighted by molar-refractivity contribution is 7.99. The molecule has 1 aromatic heterocycles. The Morgan fingerprint density at radius 3 is 2.69 bits per heavy atom. The van der Waals surface area contributed by atoms with Crippen molar-refractivity contribution in [3.63, 3.8) is 0 Å². The molecule has 6 rings (SSSR count). The van der Waals surface area contributed by atoms with Crippen molar-refractivity contribution in [2.75, 3.05) is 23.7 Å². The van der Waals surface area contributed by atoms with E-state index < -0.39 is 18.2 Å². The summed E-state index contributed by atoms with van der Waals surface area (Å²) in [6.45, 7) is 0.729. The Bertz CT molecular complexity index is 976. The lowest BCUT2D eigenvalue weighted by atomic mass is 9.52. The minimum absolute atomic E-state index is 0.0255. The molecular formula is C26H35F2N3O4S. The minimum atomic E-state index is -2.76. The molecule has 1 saturated heterocycles. The number of carboxylic acid groups (broad SMARTS) is 1. The summed E-state index contributed by atoms with van der Waals surface area (Å²) in [5.41, 5.74) is -0.184. The molecule has 5 fully saturated rings. The number of anilines is 1. The van der Waals surface area contributed by atoms with E-state index in [1.807, 2.05) is 12.1 Å². The molecule has 36 heavy (non-hydrogen) atoms. The zero-order valence-corrected chi connectivity index (χ0v) is 21.4. The predicted octanol–water partition coefficient (Wildman–Crippen LogP) is 4.80. The Labute approximate surface area is 214 Å². The monoisotopic (exact) mass is 523 g/mol. The van der Waals surface area contributed by atoms with Gasteiger partial charge >= 0.3 is 12.6 Å². The van der Waals surface area contributed by atoms with E-state index in [4.69, 9.17) is 14.8 Å². The van der Waals surface area contributed by atoms with Crippen molar-refractivity contribution in [1.29, 1.82) is 0 Å². The predicted molar refractivity (Wildman–Crippen MR) is 132 cm³/mol. The fourth-order valence-electron chi connectivity index (χ4n) is 7.29. The number of hydrogen-bond donors (Lipinski definition) is 2. The quantitative estimate of drug-likeness (QED) is 0.426. The van der Waals surface area contributed by atoms with Gasteiger partial charge in [-0.1, -0.05) is 6.92 Å². The molecule has 7 nitrogen and oxygen atoms in total. The summed E-state index contributed by atoms with van der Waals surface area (Å²) < 4.78 is 31.4. The van der Waals surface area contributed by atoms with Crippen LogP contribution in [0.15, 0.2) is 17.2 Å². The van der Waals surface area contributed by atoms with Gasteiger partial charge in [-0.3, -0.25) is 9.59 Å². The first kappa shape index (κ1) is 25.7. The van der Waals surface area contributed by atoms with Crippen LogP contribution in [0.2, 0.25) is 0 Å². The van der Waals surface area contributed by atoms with Crippen LogP contribution in [0.25, 0.3) is 0 Å². The fourth-order valence-corrected chi connectivity index (χ4v) is 8.16. The van der Waals surface area contributed by atoms with E-state index in [0.29, 0.717) is 42.3 Å². The Kier molecular flexibility index (Phi) is 7.45. The lowest BCUT2D eigenvalue weighted by molar-refractivity contribution is -0.260. The molecule has 4 aliphatic carbocycles. The molecule has 0 unspecified atom stereocenters. The van der Waals surface area contributed by atoms with Gasteiger partial charge in [0.2, 0.25) is 0 Å². The number of hydrogen-bond acceptors (Lipinski definition) is 6. The third kappa shape index (κ3) is 5.35. The molecule has 198 valence electrons. The number of carboxylic acids is 1. The summed E-state index contributed by atoms with van der Waals surface area (Å²) in [6.07, 6.45) is 5.69. The molecule has 0 aromatic carbocycles. The second kappa shape index (κ2) is 10.4. The maximum Gasteiger partial charge on any atom is 0.345 e. The third-order valence-corrected chi connectivity index (χ3v) is 9.66. The minimum Gasteiger partial charge on any atom is -0.481 e. The number of carbonyl (C=O) groups excluding carboxylic acids is 1. The number of nitrogens with zero attached hydrogens (tertiary/aromatic N) is 2. The van der Waals surface area contributed by atoms with E-state index in [9.17, 15) is 18.4 Å². The molecule has 1 aromatic rings. The molecule has 10 heteroatoms. The van der Waals surface area contributed by atoms with Crippen LogP contribution in [0, 0.1) is 23.7 Å². The number of alkyl halides is 2. The zero-order valence-electron chi connectivity index (χ0n) is 20.6. The Morgan fingerprint density at radius 1 is 1.28 bits per heavy atom. The number of nitrogens with one attached hydrogen (secondary N) is 1. The molecule has 4 saturated carbocycles. The van der Waals surface area contributed by atoms with Gasteiger partial charge in [0.25, 0.3) is 5.91 Å². The standard InChI is InChI=1S/C26H35F2N3O4S/c1-2-7-36-24-19(3-4-20(29-24)31-6-5-15(14-31)10-21(32)33)23(34)30-22-17-8-16-9-18(22)13-26(11-16,12-17)35-25(27)28/h3-4,15-18,22,25H,2,5-14H2,1H3,(H,30,34)(H,32,33)/t15-,16?,17-,18-,22?,26?/m1/s1. The van der Waals surface area contributed by atoms with Crippen LogP contribution in [-0.2, 0) is 9.53 Å². The summed E-state index contributed by atoms with van der Waals surface area (Å²) in [4.78, 5) is 31.5. The molecule has 2 heterocycles. The Hall–Kier alpha value is -1.94. The number of thioether (sulfide) groups is 1. The van der Waals surface area contributed by atoms with Gasteiger partial charge in [0.05, 0.1) is 11.2 Å². The number of rotatable bonds is 10. The lowest BCUT2D eigenvalue weighted by Gasteiger charge is -2.59. The van der Waals surface area contributed by atoms with Crippen molar-refractivity contribution < 1.29 is 28.2 Å². The van der Waals surface area contributed by atoms with Gasteiger partial charge < -0.3 is 20.1 Å². The summed E-state index contributed by atoms with van der Waals surface area (Å²) >= 11 is 1.56. The average Bonchev–Trinajstić information content (AvgIpc) is 3.26. The van der Waals surface area contributed by atoms with E-state index in [1.165, 1.54) is 0 Å². The Morgan fingerprint density at radius 2 is 2.03 bits per heavy atom. The lowest BCUT2D eigenvalue weighted by Crippen LogP contribution is -2.62. The van der Waals surface area contributed by atoms with Crippen LogP contribution >= 0.6 is 11.8 Å². The van der Waals surface area contributed by atoms with Gasteiger partial charge in [-0.25, -0.2) is 4.98 Å². The molecule has 0 radical (unpaired) electrons. The highest BCUT2D eigenvalue weighted by Crippen LogP contribution is 2.57. The number of carbonyl (C=O) groups is 2. The SMILES string of the molecule is CCCSc1nc(N2CC[C@H](CC(=O)O)C2)ccc1C(=O)NC1[C@@H]2CC3C[C@@H]1CC(OC(F)F)(C3)C2. The van der Waals surface area contributed by atoms with Crippen LogP contribution in [-0.4, -0.2) is 59.1 Å². The highest BCUT2D eigenvalue weighted by atomic mass is 32.2. The molecule has 1 aliphatic heterocycles. The molecular weight excluding hydrogens is 488 g/mol. The average molecular weight is 524 g/mol. The third-order valence-electron chi connectivity index (χ3n) is 8.46. The van der Waals surface area contributed by atoms with Crippen LogP contribution in [0.3, 0.4) is 0 Å². The number of aliphatic carboxylic acids is 1. The van der Waals surface area contributed by atoms with Crippen LogP contribution in [0.4, 0.5) is 14.6 Å². The van der Waals surface area contributed by atoms with Gasteiger partial charge in [-0.05, 0) is 86.5 Å². The van der Waals surface area contributed by atoms with E-state index in [1.54, 1.807) is 11.8 Å². The molecule has 4 bridgehead atoms. The summed E-state index contributed by atoms with van der Waals surface area (Å²) in [5, 5.41) is 13.1. The summed E-state index contributed by atoms with van der Waals surface area (Å²) in [6, 6.07) is 3.66. The first-order valence-corrected chi connectivity index (χ1v) is 14.1. The van der Waals surface area contributed by atoms with Crippen molar-refractivity contribution in [3.8, 4) is 0 Å². The molecule has 2 N–H and O–H groups in total. The second-order valence-corrected chi connectivity index (χ2v) is 12.2. The van der Waals surface area contributed by atoms with Crippen molar-refractivity contribution in [2.24, 2.45) is 23.7 Å². The first-order valence-electron chi connectivity index (χ1n) is 13.1. The topological polar surface area (TPSA) is 91.8 Å². The molecule has 3 atom stereocenters. The smallest absolute Gasteiger partial charge is 0.345 e. The molecule has 1 amide bonds. The van der Waals surface area contributed by atoms with Crippen molar-refractivity contribution in [2.45, 2.75) is 81.6 Å². The highest BCUT2D eigenvalue weighted by Gasteiger charge is 2.57. The molecule has 5 aliphatic rings. The van der Waals surface area contributed by atoms with Crippen molar-refractivity contribution >= 4 is 29.5 Å². The number of halogens is 2. The normalized spacial score (nSPS) is 32.9. The van der Waals surface area contributed by atoms with E-state index in [0.717, 1.165) is 43.8 Å². The van der Waals surface area contributed by atoms with E-state index >= 15 is 0 Å². The number of amides is 1. The van der Waals surface area contributed by atoms with Gasteiger partial charge in [0.1, 0.15) is 10.8 Å². The van der Waals surface area contributed by atoms with Crippen molar-refractivity contribution in [3.05, 3.63) is 17.7 Å². The van der Waals surface area contributed by atoms with Gasteiger partial charge in [-0.2, -0.15) is 8.78 Å². The van der Waals surface area contributed by atoms with Crippen molar-refractivity contribution in [1.82, 2.24) is 10.3 Å². The second-order valence-electron chi connectivity index (χ2n) is 11.1. The fraction of sp³-hybridized carbons (Fsp3) is 0.731. The largest absolute Gasteiger partial charge is 0.481 e. The maximum absolute atomic E-state index is 13.5. The van der Waals surface area contributed by atoms with E-state index in [-0.39, 0.29) is 36.1 Å². The van der Waals surface area contributed by atoms with Gasteiger partial charge in [0.15, 0.2) is 0 Å². The van der Waals surface area contributed by atoms with Gasteiger partial charge in [-0.15, -0.1) is 11.8 Å². The number of pyridine rings is 1. The Balaban J connectivity index is 1.30. The number of aromatic nitrogens is 1. The van der Waals surface area contributed by atoms with Gasteiger partial charge in [0, 0.05) is 25.6 Å². The van der Waals surface area contributed by atoms with Crippen LogP contribution < -0.4 is 10.2 Å². The number of ether oxygens (including phenoxy) is 1. The van der Waals surface area contributed by atoms with Crippen LogP contribution in [0.1, 0.15) is 68.6 Å². The first-order chi connectivity index (χ1) is 17.2. The zero-order chi connectivity index (χ0) is 25.4. The molecule has 0 spiro atoms. The van der Waals surface area contributed by atoms with E-state index in [2.05, 4.69) is 17.1 Å². The van der Waals surface area contributed by atoms with Crippen LogP contribution in [0.5, 0.6) is 0 Å². The summed E-state index contributed by atoms with van der Waals surface area (Å²) in [7, 11) is 0. The summed E-state index contributed by atoms with van der Waals surface area (Å²) in [5.74, 6) is 1.50. The maximum atomic E-state index is 13.5.